The molecular formula is C19H17N5O2S. The predicted octanol–water partition coefficient (Wildman–Crippen LogP) is 3.23. The first-order valence-electron chi connectivity index (χ1n) is 8.48. The normalized spacial score (nSPS) is 10.8. The maximum Gasteiger partial charge on any atom is 0.248 e. The summed E-state index contributed by atoms with van der Waals surface area (Å²) in [6.07, 6.45) is 4.35. The molecule has 0 fully saturated rings. The molecule has 8 heteroatoms. The Balaban J connectivity index is 1.26. The van der Waals surface area contributed by atoms with Crippen molar-refractivity contribution in [3.05, 3.63) is 71.0 Å². The number of benzene rings is 1. The van der Waals surface area contributed by atoms with Crippen molar-refractivity contribution in [2.45, 2.75) is 19.4 Å². The molecule has 0 unspecified atom stereocenters. The Kier molecular flexibility index (Phi) is 5.06. The molecule has 7 nitrogen and oxygen atoms in total. The van der Waals surface area contributed by atoms with E-state index in [1.54, 1.807) is 22.2 Å². The fraction of sp³-hybridized carbons (Fsp3) is 0.158. The molecule has 0 saturated carbocycles. The zero-order chi connectivity index (χ0) is 18.5. The zero-order valence-corrected chi connectivity index (χ0v) is 15.2. The van der Waals surface area contributed by atoms with Crippen molar-refractivity contribution in [3.8, 4) is 17.1 Å². The van der Waals surface area contributed by atoms with E-state index in [1.165, 1.54) is 0 Å². The third kappa shape index (κ3) is 4.29. The summed E-state index contributed by atoms with van der Waals surface area (Å²) in [4.78, 5) is 12.1. The summed E-state index contributed by atoms with van der Waals surface area (Å²) in [5, 5.41) is 19.1. The number of nitrogens with zero attached hydrogens (tertiary/aromatic N) is 4. The molecule has 0 radical (unpaired) electrons. The molecular weight excluding hydrogens is 362 g/mol. The van der Waals surface area contributed by atoms with Crippen LogP contribution in [-0.2, 0) is 17.8 Å². The number of rotatable bonds is 7. The SMILES string of the molecule is O=C(CCc1nnc(-c2ccsc2)o1)NCc1cnn(-c2ccccc2)c1. The summed E-state index contributed by atoms with van der Waals surface area (Å²) in [5.74, 6) is 0.876. The van der Waals surface area contributed by atoms with E-state index >= 15 is 0 Å². The highest BCUT2D eigenvalue weighted by Crippen LogP contribution is 2.20. The summed E-state index contributed by atoms with van der Waals surface area (Å²) >= 11 is 1.57. The van der Waals surface area contributed by atoms with Crippen LogP contribution in [0.4, 0.5) is 0 Å². The van der Waals surface area contributed by atoms with Crippen LogP contribution in [0.15, 0.2) is 64.0 Å². The van der Waals surface area contributed by atoms with Crippen molar-refractivity contribution >= 4 is 17.2 Å². The van der Waals surface area contributed by atoms with Gasteiger partial charge in [-0.15, -0.1) is 10.2 Å². The molecule has 0 atom stereocenters. The molecule has 1 aromatic carbocycles. The Morgan fingerprint density at radius 3 is 2.89 bits per heavy atom. The van der Waals surface area contributed by atoms with E-state index in [9.17, 15) is 4.79 Å². The van der Waals surface area contributed by atoms with Crippen LogP contribution in [0.25, 0.3) is 17.1 Å². The highest BCUT2D eigenvalue weighted by molar-refractivity contribution is 7.08. The van der Waals surface area contributed by atoms with Crippen LogP contribution in [0.2, 0.25) is 0 Å². The van der Waals surface area contributed by atoms with E-state index in [-0.39, 0.29) is 12.3 Å². The van der Waals surface area contributed by atoms with Crippen molar-refractivity contribution in [2.24, 2.45) is 0 Å². The standard InChI is InChI=1S/C19H17N5O2S/c25-17(6-7-18-22-23-19(26-18)15-8-9-27-13-15)20-10-14-11-21-24(12-14)16-4-2-1-3-5-16/h1-5,8-9,11-13H,6-7,10H2,(H,20,25). The maximum absolute atomic E-state index is 12.1. The number of hydrogen-bond acceptors (Lipinski definition) is 6. The van der Waals surface area contributed by atoms with Crippen LogP contribution in [0, 0.1) is 0 Å². The summed E-state index contributed by atoms with van der Waals surface area (Å²) in [5.41, 5.74) is 2.82. The minimum absolute atomic E-state index is 0.0715. The van der Waals surface area contributed by atoms with E-state index < -0.39 is 0 Å². The molecule has 0 saturated heterocycles. The average Bonchev–Trinajstić information content (AvgIpc) is 3.47. The zero-order valence-electron chi connectivity index (χ0n) is 14.4. The number of para-hydroxylation sites is 1. The van der Waals surface area contributed by atoms with Crippen LogP contribution in [0.1, 0.15) is 17.9 Å². The van der Waals surface area contributed by atoms with Crippen molar-refractivity contribution < 1.29 is 9.21 Å². The van der Waals surface area contributed by atoms with E-state index in [2.05, 4.69) is 20.6 Å². The molecule has 0 bridgehead atoms. The summed E-state index contributed by atoms with van der Waals surface area (Å²) in [6, 6.07) is 11.7. The molecule has 4 aromatic rings. The molecule has 0 aliphatic heterocycles. The number of amides is 1. The van der Waals surface area contributed by atoms with Crippen LogP contribution in [-0.4, -0.2) is 25.9 Å². The third-order valence-electron chi connectivity index (χ3n) is 3.95. The summed E-state index contributed by atoms with van der Waals surface area (Å²) in [6.45, 7) is 0.426. The van der Waals surface area contributed by atoms with Gasteiger partial charge in [0.25, 0.3) is 0 Å². The molecule has 1 N–H and O–H groups in total. The van der Waals surface area contributed by atoms with Gasteiger partial charge in [-0.05, 0) is 23.6 Å². The molecule has 27 heavy (non-hydrogen) atoms. The Labute approximate surface area is 159 Å². The Morgan fingerprint density at radius 2 is 2.07 bits per heavy atom. The van der Waals surface area contributed by atoms with Gasteiger partial charge in [0.15, 0.2) is 0 Å². The van der Waals surface area contributed by atoms with Gasteiger partial charge in [-0.2, -0.15) is 16.4 Å². The fourth-order valence-corrected chi connectivity index (χ4v) is 3.17. The number of nitrogens with one attached hydrogen (secondary N) is 1. The summed E-state index contributed by atoms with van der Waals surface area (Å²) < 4.78 is 7.37. The van der Waals surface area contributed by atoms with Gasteiger partial charge in [0, 0.05) is 42.1 Å². The molecule has 0 aliphatic carbocycles. The Morgan fingerprint density at radius 1 is 1.19 bits per heavy atom. The molecule has 1 amide bonds. The lowest BCUT2D eigenvalue weighted by Gasteiger charge is -2.02. The lowest BCUT2D eigenvalue weighted by molar-refractivity contribution is -0.121. The quantitative estimate of drug-likeness (QED) is 0.533. The second-order valence-electron chi connectivity index (χ2n) is 5.92. The Bertz CT molecular complexity index is 1010. The van der Waals surface area contributed by atoms with E-state index in [0.29, 0.717) is 24.7 Å². The molecule has 0 spiro atoms. The molecule has 3 heterocycles. The minimum Gasteiger partial charge on any atom is -0.421 e. The van der Waals surface area contributed by atoms with Crippen molar-refractivity contribution in [3.63, 3.8) is 0 Å². The predicted molar refractivity (Wildman–Crippen MR) is 101 cm³/mol. The maximum atomic E-state index is 12.1. The van der Waals surface area contributed by atoms with Gasteiger partial charge in [-0.1, -0.05) is 18.2 Å². The number of carbonyl (C=O) groups excluding carboxylic acids is 1. The van der Waals surface area contributed by atoms with Crippen LogP contribution >= 0.6 is 11.3 Å². The summed E-state index contributed by atoms with van der Waals surface area (Å²) in [7, 11) is 0. The Hall–Kier alpha value is -3.26. The smallest absolute Gasteiger partial charge is 0.248 e. The number of hydrogen-bond donors (Lipinski definition) is 1. The van der Waals surface area contributed by atoms with E-state index in [0.717, 1.165) is 16.8 Å². The van der Waals surface area contributed by atoms with Crippen molar-refractivity contribution in [2.75, 3.05) is 0 Å². The van der Waals surface area contributed by atoms with Crippen LogP contribution in [0.3, 0.4) is 0 Å². The topological polar surface area (TPSA) is 85.8 Å². The largest absolute Gasteiger partial charge is 0.421 e. The van der Waals surface area contributed by atoms with E-state index in [1.807, 2.05) is 53.4 Å². The van der Waals surface area contributed by atoms with Crippen LogP contribution < -0.4 is 5.32 Å². The monoisotopic (exact) mass is 379 g/mol. The lowest BCUT2D eigenvalue weighted by Crippen LogP contribution is -2.22. The van der Waals surface area contributed by atoms with Gasteiger partial charge in [0.2, 0.25) is 17.7 Å². The number of aryl methyl sites for hydroxylation is 1. The fourth-order valence-electron chi connectivity index (χ4n) is 2.54. The first kappa shape index (κ1) is 17.2. The highest BCUT2D eigenvalue weighted by atomic mass is 32.1. The minimum atomic E-state index is -0.0715. The molecule has 0 aliphatic rings. The average molecular weight is 379 g/mol. The van der Waals surface area contributed by atoms with Gasteiger partial charge in [0.05, 0.1) is 11.9 Å². The van der Waals surface area contributed by atoms with Gasteiger partial charge in [-0.3, -0.25) is 4.79 Å². The van der Waals surface area contributed by atoms with Crippen molar-refractivity contribution in [1.82, 2.24) is 25.3 Å². The van der Waals surface area contributed by atoms with Gasteiger partial charge in [0.1, 0.15) is 0 Å². The second kappa shape index (κ2) is 7.96. The highest BCUT2D eigenvalue weighted by Gasteiger charge is 2.11. The molecule has 136 valence electrons. The van der Waals surface area contributed by atoms with Crippen LogP contribution in [0.5, 0.6) is 0 Å². The van der Waals surface area contributed by atoms with Crippen molar-refractivity contribution in [1.29, 1.82) is 0 Å². The molecule has 4 rings (SSSR count). The first-order chi connectivity index (χ1) is 13.3. The van der Waals surface area contributed by atoms with Gasteiger partial charge >= 0.3 is 0 Å². The number of aromatic nitrogens is 4. The second-order valence-corrected chi connectivity index (χ2v) is 6.70. The number of carbonyl (C=O) groups is 1. The van der Waals surface area contributed by atoms with Gasteiger partial charge < -0.3 is 9.73 Å². The third-order valence-corrected chi connectivity index (χ3v) is 4.63. The van der Waals surface area contributed by atoms with Gasteiger partial charge in [-0.25, -0.2) is 4.68 Å². The molecule has 3 aromatic heterocycles. The first-order valence-corrected chi connectivity index (χ1v) is 9.43. The number of thiophene rings is 1. The lowest BCUT2D eigenvalue weighted by atomic mass is 10.3. The van der Waals surface area contributed by atoms with E-state index in [4.69, 9.17) is 4.42 Å².